The Bertz CT molecular complexity index is 540. The van der Waals surface area contributed by atoms with Gasteiger partial charge in [-0.25, -0.2) is 9.78 Å². The summed E-state index contributed by atoms with van der Waals surface area (Å²) in [4.78, 5) is 15.8. The van der Waals surface area contributed by atoms with Crippen molar-refractivity contribution in [3.8, 4) is 0 Å². The molecule has 0 aliphatic heterocycles. The molecule has 0 unspecified atom stereocenters. The maximum atomic E-state index is 11.7. The molecule has 1 aromatic carbocycles. The predicted octanol–water partition coefficient (Wildman–Crippen LogP) is 2.75. The lowest BCUT2D eigenvalue weighted by atomic mass is 10.1. The second kappa shape index (κ2) is 6.54. The number of pyridine rings is 1. The van der Waals surface area contributed by atoms with Crippen LogP contribution >= 0.6 is 0 Å². The van der Waals surface area contributed by atoms with Crippen molar-refractivity contribution in [3.63, 3.8) is 0 Å². The number of hydrogen-bond donors (Lipinski definition) is 2. The number of nitrogens with zero attached hydrogens (tertiary/aromatic N) is 1. The minimum Gasteiger partial charge on any atom is -0.337 e. The first-order valence-electron chi connectivity index (χ1n) is 6.26. The first kappa shape index (κ1) is 13.1. The summed E-state index contributed by atoms with van der Waals surface area (Å²) < 4.78 is 0. The second-order valence-electron chi connectivity index (χ2n) is 4.29. The molecular formula is C15H17N3O. The van der Waals surface area contributed by atoms with Crippen molar-refractivity contribution < 1.29 is 4.79 Å². The van der Waals surface area contributed by atoms with E-state index >= 15 is 0 Å². The number of benzene rings is 1. The standard InChI is InChI=1S/C15H17N3O/c1-12-6-5-10-16-14(12)18-15(19)17-11-9-13-7-3-2-4-8-13/h2-8,10H,9,11H2,1H3,(H2,16,17,18,19). The van der Waals surface area contributed by atoms with E-state index in [1.54, 1.807) is 6.20 Å². The minimum atomic E-state index is -0.224. The summed E-state index contributed by atoms with van der Waals surface area (Å²) in [7, 11) is 0. The van der Waals surface area contributed by atoms with E-state index in [1.165, 1.54) is 5.56 Å². The van der Waals surface area contributed by atoms with Crippen LogP contribution in [0, 0.1) is 6.92 Å². The van der Waals surface area contributed by atoms with Gasteiger partial charge in [-0.05, 0) is 30.5 Å². The van der Waals surface area contributed by atoms with E-state index in [2.05, 4.69) is 15.6 Å². The van der Waals surface area contributed by atoms with Crippen molar-refractivity contribution in [3.05, 3.63) is 59.8 Å². The molecule has 19 heavy (non-hydrogen) atoms. The third kappa shape index (κ3) is 4.10. The third-order valence-corrected chi connectivity index (χ3v) is 2.78. The van der Waals surface area contributed by atoms with E-state index in [1.807, 2.05) is 49.4 Å². The molecule has 0 fully saturated rings. The molecule has 1 aromatic heterocycles. The predicted molar refractivity (Wildman–Crippen MR) is 76.1 cm³/mol. The van der Waals surface area contributed by atoms with Gasteiger partial charge in [0, 0.05) is 12.7 Å². The third-order valence-electron chi connectivity index (χ3n) is 2.78. The summed E-state index contributed by atoms with van der Waals surface area (Å²) in [5.74, 6) is 0.597. The summed E-state index contributed by atoms with van der Waals surface area (Å²) in [6, 6.07) is 13.6. The van der Waals surface area contributed by atoms with Crippen LogP contribution in [0.4, 0.5) is 10.6 Å². The van der Waals surface area contributed by atoms with Crippen LogP contribution < -0.4 is 10.6 Å². The summed E-state index contributed by atoms with van der Waals surface area (Å²) in [5.41, 5.74) is 2.15. The molecule has 98 valence electrons. The van der Waals surface area contributed by atoms with E-state index in [0.717, 1.165) is 12.0 Å². The van der Waals surface area contributed by atoms with Gasteiger partial charge in [-0.2, -0.15) is 0 Å². The average molecular weight is 255 g/mol. The Morgan fingerprint density at radius 1 is 1.16 bits per heavy atom. The second-order valence-corrected chi connectivity index (χ2v) is 4.29. The Balaban J connectivity index is 1.78. The van der Waals surface area contributed by atoms with Crippen LogP contribution in [0.25, 0.3) is 0 Å². The van der Waals surface area contributed by atoms with E-state index in [9.17, 15) is 4.79 Å². The van der Waals surface area contributed by atoms with Gasteiger partial charge in [0.1, 0.15) is 5.82 Å². The zero-order valence-corrected chi connectivity index (χ0v) is 10.9. The van der Waals surface area contributed by atoms with Gasteiger partial charge in [0.2, 0.25) is 0 Å². The number of nitrogens with one attached hydrogen (secondary N) is 2. The molecule has 0 spiro atoms. The fraction of sp³-hybridized carbons (Fsp3) is 0.200. The molecule has 2 N–H and O–H groups in total. The zero-order valence-electron chi connectivity index (χ0n) is 10.9. The smallest absolute Gasteiger partial charge is 0.320 e. The van der Waals surface area contributed by atoms with Crippen LogP contribution in [0.3, 0.4) is 0 Å². The lowest BCUT2D eigenvalue weighted by Crippen LogP contribution is -2.31. The Labute approximate surface area is 112 Å². The van der Waals surface area contributed by atoms with Crippen LogP contribution in [0.1, 0.15) is 11.1 Å². The van der Waals surface area contributed by atoms with Crippen molar-refractivity contribution in [1.29, 1.82) is 0 Å². The zero-order chi connectivity index (χ0) is 13.5. The highest BCUT2D eigenvalue weighted by Crippen LogP contribution is 2.08. The maximum Gasteiger partial charge on any atom is 0.320 e. The van der Waals surface area contributed by atoms with Crippen molar-refractivity contribution in [2.45, 2.75) is 13.3 Å². The van der Waals surface area contributed by atoms with E-state index in [0.29, 0.717) is 12.4 Å². The summed E-state index contributed by atoms with van der Waals surface area (Å²) in [5, 5.41) is 5.55. The molecule has 0 bridgehead atoms. The fourth-order valence-electron chi connectivity index (χ4n) is 1.73. The van der Waals surface area contributed by atoms with Gasteiger partial charge < -0.3 is 5.32 Å². The summed E-state index contributed by atoms with van der Waals surface area (Å²) in [6.07, 6.45) is 2.47. The molecular weight excluding hydrogens is 238 g/mol. The van der Waals surface area contributed by atoms with Gasteiger partial charge in [0.25, 0.3) is 0 Å². The lowest BCUT2D eigenvalue weighted by Gasteiger charge is -2.08. The van der Waals surface area contributed by atoms with Crippen molar-refractivity contribution in [2.24, 2.45) is 0 Å². The average Bonchev–Trinajstić information content (AvgIpc) is 2.43. The Morgan fingerprint density at radius 2 is 1.95 bits per heavy atom. The molecule has 0 aliphatic carbocycles. The van der Waals surface area contributed by atoms with E-state index in [-0.39, 0.29) is 6.03 Å². The van der Waals surface area contributed by atoms with Gasteiger partial charge in [0.15, 0.2) is 0 Å². The highest BCUT2D eigenvalue weighted by molar-refractivity contribution is 5.88. The van der Waals surface area contributed by atoms with Crippen LogP contribution in [-0.2, 0) is 6.42 Å². The molecule has 2 aromatic rings. The number of amides is 2. The van der Waals surface area contributed by atoms with E-state index < -0.39 is 0 Å². The highest BCUT2D eigenvalue weighted by Gasteiger charge is 2.04. The van der Waals surface area contributed by atoms with Crippen LogP contribution in [0.2, 0.25) is 0 Å². The molecule has 2 amide bonds. The molecule has 0 saturated carbocycles. The molecule has 0 atom stereocenters. The van der Waals surface area contributed by atoms with Gasteiger partial charge >= 0.3 is 6.03 Å². The maximum absolute atomic E-state index is 11.7. The quantitative estimate of drug-likeness (QED) is 0.882. The fourth-order valence-corrected chi connectivity index (χ4v) is 1.73. The normalized spacial score (nSPS) is 9.95. The minimum absolute atomic E-state index is 0.224. The first-order chi connectivity index (χ1) is 9.25. The topological polar surface area (TPSA) is 54.0 Å². The van der Waals surface area contributed by atoms with Gasteiger partial charge in [-0.15, -0.1) is 0 Å². The molecule has 0 aliphatic rings. The van der Waals surface area contributed by atoms with Gasteiger partial charge in [-0.1, -0.05) is 36.4 Å². The first-order valence-corrected chi connectivity index (χ1v) is 6.26. The molecule has 4 heteroatoms. The lowest BCUT2D eigenvalue weighted by molar-refractivity contribution is 0.252. The number of carbonyl (C=O) groups is 1. The molecule has 1 heterocycles. The molecule has 0 saturated heterocycles. The number of anilines is 1. The van der Waals surface area contributed by atoms with Crippen molar-refractivity contribution >= 4 is 11.8 Å². The molecule has 2 rings (SSSR count). The Kier molecular flexibility index (Phi) is 4.50. The largest absolute Gasteiger partial charge is 0.337 e. The summed E-state index contributed by atoms with van der Waals surface area (Å²) in [6.45, 7) is 2.51. The monoisotopic (exact) mass is 255 g/mol. The van der Waals surface area contributed by atoms with Crippen LogP contribution in [-0.4, -0.2) is 17.6 Å². The number of aryl methyl sites for hydroxylation is 1. The van der Waals surface area contributed by atoms with Crippen LogP contribution in [0.5, 0.6) is 0 Å². The molecule has 4 nitrogen and oxygen atoms in total. The highest BCUT2D eigenvalue weighted by atomic mass is 16.2. The Morgan fingerprint density at radius 3 is 2.68 bits per heavy atom. The van der Waals surface area contributed by atoms with E-state index in [4.69, 9.17) is 0 Å². The SMILES string of the molecule is Cc1cccnc1NC(=O)NCCc1ccccc1. The number of hydrogen-bond acceptors (Lipinski definition) is 2. The number of aromatic nitrogens is 1. The molecule has 0 radical (unpaired) electrons. The van der Waals surface area contributed by atoms with Gasteiger partial charge in [-0.3, -0.25) is 5.32 Å². The van der Waals surface area contributed by atoms with Crippen LogP contribution in [0.15, 0.2) is 48.7 Å². The number of rotatable bonds is 4. The van der Waals surface area contributed by atoms with Gasteiger partial charge in [0.05, 0.1) is 0 Å². The van der Waals surface area contributed by atoms with Crippen molar-refractivity contribution in [1.82, 2.24) is 10.3 Å². The Hall–Kier alpha value is -2.36. The number of urea groups is 1. The number of carbonyl (C=O) groups excluding carboxylic acids is 1. The van der Waals surface area contributed by atoms with Crippen molar-refractivity contribution in [2.75, 3.05) is 11.9 Å². The summed E-state index contributed by atoms with van der Waals surface area (Å²) >= 11 is 0.